The Hall–Kier alpha value is -1.79. The summed E-state index contributed by atoms with van der Waals surface area (Å²) in [5, 5.41) is 5.01. The van der Waals surface area contributed by atoms with Crippen LogP contribution in [-0.4, -0.2) is 34.9 Å². The van der Waals surface area contributed by atoms with Gasteiger partial charge in [0.15, 0.2) is 5.82 Å². The van der Waals surface area contributed by atoms with Gasteiger partial charge in [-0.15, -0.1) is 11.3 Å². The second-order valence-electron chi connectivity index (χ2n) is 5.46. The number of thiophene rings is 1. The van der Waals surface area contributed by atoms with Crippen LogP contribution in [0.2, 0.25) is 0 Å². The van der Waals surface area contributed by atoms with E-state index in [2.05, 4.69) is 32.7 Å². The topological polar surface area (TPSA) is 45.2 Å². The first-order valence-electron chi connectivity index (χ1n) is 7.37. The molecule has 4 nitrogen and oxygen atoms in total. The van der Waals surface area contributed by atoms with Gasteiger partial charge < -0.3 is 5.32 Å². The number of nitrogens with one attached hydrogen (secondary N) is 1. The zero-order valence-electron chi connectivity index (χ0n) is 12.2. The fraction of sp³-hybridized carbons (Fsp3) is 0.375. The normalized spacial score (nSPS) is 16.6. The number of hydrogen-bond donors (Lipinski definition) is 1. The van der Waals surface area contributed by atoms with Crippen molar-refractivity contribution in [2.24, 2.45) is 0 Å². The quantitative estimate of drug-likeness (QED) is 0.942. The van der Waals surface area contributed by atoms with Gasteiger partial charge in [0.1, 0.15) is 0 Å². The number of hydrogen-bond acceptors (Lipinski definition) is 4. The Morgan fingerprint density at radius 2 is 2.23 bits per heavy atom. The van der Waals surface area contributed by atoms with E-state index in [1.165, 1.54) is 17.1 Å². The zero-order valence-corrected chi connectivity index (χ0v) is 13.0. The molecule has 0 atom stereocenters. The number of carbonyl (C=O) groups excluding carboxylic acids is 1. The average Bonchev–Trinajstić information content (AvgIpc) is 3.02. The molecule has 2 aromatic rings. The van der Waals surface area contributed by atoms with Crippen LogP contribution in [0.5, 0.6) is 0 Å². The molecule has 6 heteroatoms. The number of piperidine rings is 1. The third-order valence-electron chi connectivity index (χ3n) is 3.90. The van der Waals surface area contributed by atoms with Crippen molar-refractivity contribution in [1.82, 2.24) is 15.2 Å². The maximum absolute atomic E-state index is 13.5. The number of halogens is 1. The number of carbonyl (C=O) groups is 1. The molecule has 1 N–H and O–H groups in total. The monoisotopic (exact) mass is 319 g/mol. The molecule has 0 spiro atoms. The molecule has 116 valence electrons. The van der Waals surface area contributed by atoms with Crippen LogP contribution in [0.25, 0.3) is 0 Å². The zero-order chi connectivity index (χ0) is 15.4. The Balaban J connectivity index is 1.49. The molecule has 0 aromatic carbocycles. The van der Waals surface area contributed by atoms with Crippen molar-refractivity contribution in [2.75, 3.05) is 13.1 Å². The molecule has 22 heavy (non-hydrogen) atoms. The number of aromatic nitrogens is 1. The van der Waals surface area contributed by atoms with Gasteiger partial charge in [0.2, 0.25) is 0 Å². The Kier molecular flexibility index (Phi) is 4.80. The number of nitrogens with zero attached hydrogens (tertiary/aromatic N) is 2. The van der Waals surface area contributed by atoms with Crippen molar-refractivity contribution >= 4 is 17.2 Å². The Labute approximate surface area is 133 Å². The average molecular weight is 319 g/mol. The molecule has 2 aromatic heterocycles. The maximum Gasteiger partial charge on any atom is 0.254 e. The van der Waals surface area contributed by atoms with Crippen LogP contribution < -0.4 is 5.32 Å². The molecular formula is C16H18FN3OS. The minimum Gasteiger partial charge on any atom is -0.349 e. The van der Waals surface area contributed by atoms with Gasteiger partial charge in [0.05, 0.1) is 11.8 Å². The molecule has 0 radical (unpaired) electrons. The Morgan fingerprint density at radius 3 is 2.91 bits per heavy atom. The second-order valence-corrected chi connectivity index (χ2v) is 6.49. The van der Waals surface area contributed by atoms with E-state index in [1.807, 2.05) is 0 Å². The number of pyridine rings is 1. The second kappa shape index (κ2) is 6.98. The molecule has 1 aliphatic heterocycles. The molecule has 3 heterocycles. The molecule has 1 amide bonds. The number of amides is 1. The summed E-state index contributed by atoms with van der Waals surface area (Å²) in [5.41, 5.74) is 0.0658. The Morgan fingerprint density at radius 1 is 1.41 bits per heavy atom. The summed E-state index contributed by atoms with van der Waals surface area (Å²) in [4.78, 5) is 19.5. The van der Waals surface area contributed by atoms with Crippen LogP contribution >= 0.6 is 11.3 Å². The van der Waals surface area contributed by atoms with Crippen molar-refractivity contribution in [3.63, 3.8) is 0 Å². The Bertz CT molecular complexity index is 624. The SMILES string of the molecule is O=C(NC1CCN(Cc2cccs2)CC1)c1ccncc1F. The van der Waals surface area contributed by atoms with Crippen molar-refractivity contribution < 1.29 is 9.18 Å². The van der Waals surface area contributed by atoms with Crippen LogP contribution in [0.4, 0.5) is 4.39 Å². The highest BCUT2D eigenvalue weighted by Crippen LogP contribution is 2.17. The highest BCUT2D eigenvalue weighted by atomic mass is 32.1. The maximum atomic E-state index is 13.5. The van der Waals surface area contributed by atoms with Crippen molar-refractivity contribution in [2.45, 2.75) is 25.4 Å². The van der Waals surface area contributed by atoms with Gasteiger partial charge in [-0.1, -0.05) is 6.07 Å². The van der Waals surface area contributed by atoms with Gasteiger partial charge >= 0.3 is 0 Å². The predicted molar refractivity (Wildman–Crippen MR) is 84.3 cm³/mol. The lowest BCUT2D eigenvalue weighted by Gasteiger charge is -2.32. The minimum absolute atomic E-state index is 0.0658. The molecule has 0 aliphatic carbocycles. The van der Waals surface area contributed by atoms with Gasteiger partial charge in [-0.2, -0.15) is 0 Å². The van der Waals surface area contributed by atoms with Crippen molar-refractivity contribution in [3.05, 3.63) is 52.2 Å². The summed E-state index contributed by atoms with van der Waals surface area (Å²) in [6.07, 6.45) is 4.29. The highest BCUT2D eigenvalue weighted by Gasteiger charge is 2.22. The highest BCUT2D eigenvalue weighted by molar-refractivity contribution is 7.09. The van der Waals surface area contributed by atoms with Gasteiger partial charge in [-0.25, -0.2) is 4.39 Å². The van der Waals surface area contributed by atoms with Gasteiger partial charge in [0, 0.05) is 36.8 Å². The molecule has 0 bridgehead atoms. The lowest BCUT2D eigenvalue weighted by molar-refractivity contribution is 0.0905. The molecule has 3 rings (SSSR count). The van der Waals surface area contributed by atoms with Crippen LogP contribution in [0, 0.1) is 5.82 Å². The van der Waals surface area contributed by atoms with E-state index in [4.69, 9.17) is 0 Å². The number of rotatable bonds is 4. The summed E-state index contributed by atoms with van der Waals surface area (Å²) >= 11 is 1.77. The molecule has 0 unspecified atom stereocenters. The first-order chi connectivity index (χ1) is 10.7. The van der Waals surface area contributed by atoms with E-state index in [9.17, 15) is 9.18 Å². The van der Waals surface area contributed by atoms with Gasteiger partial charge in [-0.3, -0.25) is 14.7 Å². The van der Waals surface area contributed by atoms with Crippen molar-refractivity contribution in [3.8, 4) is 0 Å². The molecular weight excluding hydrogens is 301 g/mol. The molecule has 1 saturated heterocycles. The first-order valence-corrected chi connectivity index (χ1v) is 8.25. The van der Waals surface area contributed by atoms with Crippen LogP contribution in [-0.2, 0) is 6.54 Å². The summed E-state index contributed by atoms with van der Waals surface area (Å²) in [5.74, 6) is -0.924. The van der Waals surface area contributed by atoms with E-state index < -0.39 is 5.82 Å². The summed E-state index contributed by atoms with van der Waals surface area (Å²) < 4.78 is 13.5. The van der Waals surface area contributed by atoms with E-state index >= 15 is 0 Å². The molecule has 1 fully saturated rings. The first kappa shape index (κ1) is 15.1. The fourth-order valence-electron chi connectivity index (χ4n) is 2.68. The fourth-order valence-corrected chi connectivity index (χ4v) is 3.43. The summed E-state index contributed by atoms with van der Waals surface area (Å²) in [6.45, 7) is 2.86. The third-order valence-corrected chi connectivity index (χ3v) is 4.76. The van der Waals surface area contributed by atoms with E-state index in [1.54, 1.807) is 11.3 Å². The van der Waals surface area contributed by atoms with Crippen LogP contribution in [0.1, 0.15) is 28.1 Å². The van der Waals surface area contributed by atoms with Crippen LogP contribution in [0.3, 0.4) is 0 Å². The summed E-state index contributed by atoms with van der Waals surface area (Å²) in [7, 11) is 0. The predicted octanol–water partition coefficient (Wildman–Crippen LogP) is 2.68. The lowest BCUT2D eigenvalue weighted by Crippen LogP contribution is -2.44. The molecule has 0 saturated carbocycles. The van der Waals surface area contributed by atoms with Gasteiger partial charge in [0.25, 0.3) is 5.91 Å². The summed E-state index contributed by atoms with van der Waals surface area (Å²) in [6, 6.07) is 5.73. The van der Waals surface area contributed by atoms with Gasteiger partial charge in [-0.05, 0) is 30.4 Å². The smallest absolute Gasteiger partial charge is 0.254 e. The van der Waals surface area contributed by atoms with E-state index in [0.29, 0.717) is 0 Å². The molecule has 1 aliphatic rings. The minimum atomic E-state index is -0.574. The van der Waals surface area contributed by atoms with Crippen molar-refractivity contribution in [1.29, 1.82) is 0 Å². The number of likely N-dealkylation sites (tertiary alicyclic amines) is 1. The third kappa shape index (κ3) is 3.69. The largest absolute Gasteiger partial charge is 0.349 e. The lowest BCUT2D eigenvalue weighted by atomic mass is 10.0. The standard InChI is InChI=1S/C16H18FN3OS/c17-15-10-18-6-3-14(15)16(21)19-12-4-7-20(8-5-12)11-13-2-1-9-22-13/h1-3,6,9-10,12H,4-5,7-8,11H2,(H,19,21). The van der Waals surface area contributed by atoms with E-state index in [-0.39, 0.29) is 17.5 Å². The van der Waals surface area contributed by atoms with Crippen LogP contribution in [0.15, 0.2) is 36.0 Å². The van der Waals surface area contributed by atoms with E-state index in [0.717, 1.165) is 38.7 Å².